The van der Waals surface area contributed by atoms with Crippen molar-refractivity contribution >= 4 is 5.69 Å². The molecule has 0 saturated heterocycles. The van der Waals surface area contributed by atoms with E-state index < -0.39 is 4.92 Å². The number of pyridine rings is 1. The van der Waals surface area contributed by atoms with Gasteiger partial charge < -0.3 is 9.84 Å². The summed E-state index contributed by atoms with van der Waals surface area (Å²) in [5.41, 5.74) is 2.13. The summed E-state index contributed by atoms with van der Waals surface area (Å²) in [6.45, 7) is 1.90. The lowest BCUT2D eigenvalue weighted by atomic mass is 10.2. The lowest BCUT2D eigenvalue weighted by Crippen LogP contribution is -2.01. The van der Waals surface area contributed by atoms with Crippen LogP contribution < -0.4 is 4.74 Å². The second-order valence-corrected chi connectivity index (χ2v) is 4.27. The van der Waals surface area contributed by atoms with Gasteiger partial charge in [-0.15, -0.1) is 0 Å². The summed E-state index contributed by atoms with van der Waals surface area (Å²) in [5, 5.41) is 19.8. The average Bonchev–Trinajstić information content (AvgIpc) is 2.46. The smallest absolute Gasteiger partial charge is 0.269 e. The number of non-ortho nitro benzene ring substituents is 1. The van der Waals surface area contributed by atoms with Crippen LogP contribution in [0, 0.1) is 17.0 Å². The van der Waals surface area contributed by atoms with Crippen molar-refractivity contribution in [2.24, 2.45) is 0 Å². The molecule has 1 N–H and O–H groups in total. The Kier molecular flexibility index (Phi) is 4.27. The molecule has 0 saturated carbocycles. The molecule has 0 atom stereocenters. The molecule has 0 unspecified atom stereocenters. The molecule has 6 heteroatoms. The van der Waals surface area contributed by atoms with Crippen molar-refractivity contribution in [3.05, 3.63) is 63.5 Å². The van der Waals surface area contributed by atoms with E-state index in [-0.39, 0.29) is 18.9 Å². The molecule has 1 heterocycles. The van der Waals surface area contributed by atoms with Gasteiger partial charge in [0.2, 0.25) is 0 Å². The first-order valence-corrected chi connectivity index (χ1v) is 6.03. The summed E-state index contributed by atoms with van der Waals surface area (Å²) in [6.07, 6.45) is 0. The molecule has 2 rings (SSSR count). The minimum Gasteiger partial charge on any atom is -0.487 e. The maximum atomic E-state index is 10.5. The van der Waals surface area contributed by atoms with E-state index in [9.17, 15) is 15.2 Å². The number of rotatable bonds is 5. The first-order chi connectivity index (χ1) is 9.60. The molecule has 0 bridgehead atoms. The van der Waals surface area contributed by atoms with Crippen molar-refractivity contribution in [3.8, 4) is 5.75 Å². The van der Waals surface area contributed by atoms with E-state index in [0.29, 0.717) is 11.4 Å². The Morgan fingerprint density at radius 1 is 1.25 bits per heavy atom. The molecular weight excluding hydrogens is 260 g/mol. The molecule has 6 nitrogen and oxygen atoms in total. The lowest BCUT2D eigenvalue weighted by Gasteiger charge is -2.10. The Hall–Kier alpha value is -2.47. The second kappa shape index (κ2) is 6.12. The predicted octanol–water partition coefficient (Wildman–Crippen LogP) is 2.37. The highest BCUT2D eigenvalue weighted by atomic mass is 16.6. The summed E-state index contributed by atoms with van der Waals surface area (Å²) in [6, 6.07) is 9.68. The second-order valence-electron chi connectivity index (χ2n) is 4.27. The van der Waals surface area contributed by atoms with Crippen LogP contribution in [0.5, 0.6) is 5.75 Å². The number of nitro benzene ring substituents is 1. The van der Waals surface area contributed by atoms with Crippen LogP contribution in [0.1, 0.15) is 17.0 Å². The molecule has 2 aromatic rings. The number of benzene rings is 1. The number of aliphatic hydroxyl groups is 1. The SMILES string of the molecule is Cc1ccc(OCc2ccc([N+](=O)[O-])cc2)c(CO)n1. The van der Waals surface area contributed by atoms with Crippen LogP contribution in [0.4, 0.5) is 5.69 Å². The van der Waals surface area contributed by atoms with Gasteiger partial charge in [-0.3, -0.25) is 15.1 Å². The van der Waals surface area contributed by atoms with Crippen LogP contribution in [0.3, 0.4) is 0 Å². The first kappa shape index (κ1) is 14.0. The van der Waals surface area contributed by atoms with Gasteiger partial charge in [0, 0.05) is 17.8 Å². The molecule has 104 valence electrons. The maximum absolute atomic E-state index is 10.5. The number of nitro groups is 1. The largest absolute Gasteiger partial charge is 0.487 e. The fraction of sp³-hybridized carbons (Fsp3) is 0.214. The third-order valence-electron chi connectivity index (χ3n) is 2.76. The average molecular weight is 274 g/mol. The quantitative estimate of drug-likeness (QED) is 0.668. The Morgan fingerprint density at radius 2 is 1.95 bits per heavy atom. The van der Waals surface area contributed by atoms with E-state index in [1.54, 1.807) is 24.3 Å². The molecule has 0 radical (unpaired) electrons. The Balaban J connectivity index is 2.06. The van der Waals surface area contributed by atoms with Gasteiger partial charge in [-0.1, -0.05) is 0 Å². The predicted molar refractivity (Wildman–Crippen MR) is 72.3 cm³/mol. The van der Waals surface area contributed by atoms with E-state index in [2.05, 4.69) is 4.98 Å². The van der Waals surface area contributed by atoms with Crippen molar-refractivity contribution in [2.45, 2.75) is 20.1 Å². The van der Waals surface area contributed by atoms with E-state index in [1.165, 1.54) is 12.1 Å². The summed E-state index contributed by atoms with van der Waals surface area (Å²) >= 11 is 0. The summed E-state index contributed by atoms with van der Waals surface area (Å²) < 4.78 is 5.58. The van der Waals surface area contributed by atoms with Crippen LogP contribution >= 0.6 is 0 Å². The third kappa shape index (κ3) is 3.30. The van der Waals surface area contributed by atoms with Crippen LogP contribution in [-0.2, 0) is 13.2 Å². The highest BCUT2D eigenvalue weighted by Crippen LogP contribution is 2.19. The monoisotopic (exact) mass is 274 g/mol. The summed E-state index contributed by atoms with van der Waals surface area (Å²) in [5.74, 6) is 0.511. The van der Waals surface area contributed by atoms with E-state index in [4.69, 9.17) is 4.74 Å². The van der Waals surface area contributed by atoms with Gasteiger partial charge in [0.15, 0.2) is 0 Å². The summed E-state index contributed by atoms with van der Waals surface area (Å²) in [7, 11) is 0. The standard InChI is InChI=1S/C14H14N2O4/c1-10-2-7-14(13(8-17)15-10)20-9-11-3-5-12(6-4-11)16(18)19/h2-7,17H,8-9H2,1H3. The van der Waals surface area contributed by atoms with Gasteiger partial charge in [0.25, 0.3) is 5.69 Å². The van der Waals surface area contributed by atoms with Crippen LogP contribution in [0.15, 0.2) is 36.4 Å². The molecule has 0 aliphatic heterocycles. The molecule has 0 aliphatic carbocycles. The van der Waals surface area contributed by atoms with E-state index in [0.717, 1.165) is 11.3 Å². The minimum atomic E-state index is -0.446. The molecule has 20 heavy (non-hydrogen) atoms. The van der Waals surface area contributed by atoms with E-state index in [1.807, 2.05) is 6.92 Å². The zero-order valence-electron chi connectivity index (χ0n) is 10.9. The zero-order valence-corrected chi connectivity index (χ0v) is 10.9. The van der Waals surface area contributed by atoms with Gasteiger partial charge in [-0.2, -0.15) is 0 Å². The fourth-order valence-corrected chi connectivity index (χ4v) is 1.72. The lowest BCUT2D eigenvalue weighted by molar-refractivity contribution is -0.384. The van der Waals surface area contributed by atoms with Crippen molar-refractivity contribution in [1.29, 1.82) is 0 Å². The summed E-state index contributed by atoms with van der Waals surface area (Å²) in [4.78, 5) is 14.3. The number of hydrogen-bond acceptors (Lipinski definition) is 5. The molecule has 1 aromatic heterocycles. The minimum absolute atomic E-state index is 0.0433. The highest BCUT2D eigenvalue weighted by Gasteiger charge is 2.07. The number of nitrogens with zero attached hydrogens (tertiary/aromatic N) is 2. The van der Waals surface area contributed by atoms with Crippen LogP contribution in [-0.4, -0.2) is 15.0 Å². The number of hydrogen-bond donors (Lipinski definition) is 1. The third-order valence-corrected chi connectivity index (χ3v) is 2.76. The van der Waals surface area contributed by atoms with Crippen molar-refractivity contribution < 1.29 is 14.8 Å². The van der Waals surface area contributed by atoms with Gasteiger partial charge in [-0.05, 0) is 36.8 Å². The normalized spacial score (nSPS) is 10.3. The van der Waals surface area contributed by atoms with Gasteiger partial charge in [-0.25, -0.2) is 0 Å². The molecule has 1 aromatic carbocycles. The molecule has 0 fully saturated rings. The zero-order chi connectivity index (χ0) is 14.5. The number of aryl methyl sites for hydroxylation is 1. The fourth-order valence-electron chi connectivity index (χ4n) is 1.72. The Morgan fingerprint density at radius 3 is 2.55 bits per heavy atom. The number of aliphatic hydroxyl groups excluding tert-OH is 1. The molecular formula is C14H14N2O4. The number of aromatic nitrogens is 1. The van der Waals surface area contributed by atoms with E-state index >= 15 is 0 Å². The first-order valence-electron chi connectivity index (χ1n) is 6.03. The van der Waals surface area contributed by atoms with Gasteiger partial charge in [0.05, 0.1) is 11.5 Å². The van der Waals surface area contributed by atoms with Crippen molar-refractivity contribution in [1.82, 2.24) is 4.98 Å². The maximum Gasteiger partial charge on any atom is 0.269 e. The molecule has 0 aliphatic rings. The Labute approximate surface area is 115 Å². The van der Waals surface area contributed by atoms with Crippen LogP contribution in [0.25, 0.3) is 0 Å². The van der Waals surface area contributed by atoms with Crippen molar-refractivity contribution in [2.75, 3.05) is 0 Å². The topological polar surface area (TPSA) is 85.5 Å². The van der Waals surface area contributed by atoms with Crippen LogP contribution in [0.2, 0.25) is 0 Å². The molecule has 0 spiro atoms. The van der Waals surface area contributed by atoms with Gasteiger partial charge in [0.1, 0.15) is 18.1 Å². The highest BCUT2D eigenvalue weighted by molar-refractivity contribution is 5.33. The molecule has 0 amide bonds. The van der Waals surface area contributed by atoms with Crippen molar-refractivity contribution in [3.63, 3.8) is 0 Å². The Bertz CT molecular complexity index is 611. The number of ether oxygens (including phenoxy) is 1. The van der Waals surface area contributed by atoms with Gasteiger partial charge >= 0.3 is 0 Å².